The third-order valence-electron chi connectivity index (χ3n) is 8.37. The standard InChI is InChI=1S/C32H39F3N4O/c1-2-3-18-39-28(30(32(33,34)35)38-31(39)24-12-8-5-9-13-24)20-27(23-10-6-4-7-11-23)36-21-22-14-16-26-25(19-22)15-17-29(40)37-26/h5,8-9,12-14,16,19,23,27,36H,2-4,6-7,10-11,15,17-18,20-21H2,1H3,(H,37,40). The number of rotatable bonds is 10. The lowest BCUT2D eigenvalue weighted by Gasteiger charge is -2.32. The molecule has 8 heteroatoms. The van der Waals surface area contributed by atoms with Crippen molar-refractivity contribution in [3.8, 4) is 11.4 Å². The molecule has 214 valence electrons. The molecule has 5 rings (SSSR count). The van der Waals surface area contributed by atoms with E-state index < -0.39 is 11.9 Å². The Hall–Kier alpha value is -3.13. The fourth-order valence-corrected chi connectivity index (χ4v) is 6.23. The molecule has 2 N–H and O–H groups in total. The Morgan fingerprint density at radius 1 is 1.07 bits per heavy atom. The number of halogens is 3. The van der Waals surface area contributed by atoms with Crippen LogP contribution >= 0.6 is 0 Å². The molecule has 1 amide bonds. The SMILES string of the molecule is CCCCn1c(-c2ccccc2)nc(C(F)(F)F)c1CC(NCc1ccc2c(c1)CCC(=O)N2)C1CCCCC1. The Morgan fingerprint density at radius 3 is 2.58 bits per heavy atom. The highest BCUT2D eigenvalue weighted by Gasteiger charge is 2.40. The van der Waals surface area contributed by atoms with Crippen LogP contribution in [0.4, 0.5) is 18.9 Å². The van der Waals surface area contributed by atoms with Gasteiger partial charge in [-0.05, 0) is 48.8 Å². The van der Waals surface area contributed by atoms with Gasteiger partial charge in [0.15, 0.2) is 5.69 Å². The lowest BCUT2D eigenvalue weighted by molar-refractivity contribution is -0.141. The van der Waals surface area contributed by atoms with Crippen LogP contribution in [-0.2, 0) is 36.9 Å². The van der Waals surface area contributed by atoms with E-state index >= 15 is 0 Å². The first kappa shape index (κ1) is 28.4. The zero-order valence-electron chi connectivity index (χ0n) is 23.2. The Morgan fingerprint density at radius 2 is 1.85 bits per heavy atom. The average Bonchev–Trinajstić information content (AvgIpc) is 3.33. The molecular weight excluding hydrogens is 513 g/mol. The quantitative estimate of drug-likeness (QED) is 0.273. The summed E-state index contributed by atoms with van der Waals surface area (Å²) in [6, 6.07) is 15.2. The van der Waals surface area contributed by atoms with Gasteiger partial charge in [-0.1, -0.05) is 75.1 Å². The summed E-state index contributed by atoms with van der Waals surface area (Å²) >= 11 is 0. The molecule has 0 spiro atoms. The minimum Gasteiger partial charge on any atom is -0.327 e. The van der Waals surface area contributed by atoms with Crippen molar-refractivity contribution in [3.05, 3.63) is 71.0 Å². The van der Waals surface area contributed by atoms with Crippen LogP contribution < -0.4 is 10.6 Å². The first-order chi connectivity index (χ1) is 19.3. The van der Waals surface area contributed by atoms with E-state index in [1.165, 1.54) is 6.42 Å². The highest BCUT2D eigenvalue weighted by Crippen LogP contribution is 2.37. The summed E-state index contributed by atoms with van der Waals surface area (Å²) in [5.74, 6) is 0.739. The summed E-state index contributed by atoms with van der Waals surface area (Å²) in [6.45, 7) is 3.13. The van der Waals surface area contributed by atoms with Crippen molar-refractivity contribution in [2.24, 2.45) is 5.92 Å². The number of aromatic nitrogens is 2. The zero-order valence-corrected chi connectivity index (χ0v) is 23.2. The molecule has 0 saturated heterocycles. The first-order valence-corrected chi connectivity index (χ1v) is 14.7. The Bertz CT molecular complexity index is 1300. The third-order valence-corrected chi connectivity index (χ3v) is 8.37. The van der Waals surface area contributed by atoms with Crippen LogP contribution in [0.1, 0.15) is 80.8 Å². The smallest absolute Gasteiger partial charge is 0.327 e. The molecule has 40 heavy (non-hydrogen) atoms. The largest absolute Gasteiger partial charge is 0.435 e. The van der Waals surface area contributed by atoms with Crippen molar-refractivity contribution < 1.29 is 18.0 Å². The highest BCUT2D eigenvalue weighted by atomic mass is 19.4. The van der Waals surface area contributed by atoms with Gasteiger partial charge < -0.3 is 15.2 Å². The van der Waals surface area contributed by atoms with Gasteiger partial charge in [0.25, 0.3) is 0 Å². The maximum absolute atomic E-state index is 14.5. The molecule has 3 aromatic rings. The number of nitrogens with one attached hydrogen (secondary N) is 2. The number of hydrogen-bond acceptors (Lipinski definition) is 3. The molecule has 0 bridgehead atoms. The highest BCUT2D eigenvalue weighted by molar-refractivity contribution is 5.93. The minimum absolute atomic E-state index is 0.0331. The predicted octanol–water partition coefficient (Wildman–Crippen LogP) is 7.53. The monoisotopic (exact) mass is 552 g/mol. The normalized spacial score (nSPS) is 16.9. The summed E-state index contributed by atoms with van der Waals surface area (Å²) in [4.78, 5) is 16.0. The fraction of sp³-hybridized carbons (Fsp3) is 0.500. The maximum atomic E-state index is 14.5. The Labute approximate surface area is 234 Å². The fourth-order valence-electron chi connectivity index (χ4n) is 6.23. The molecule has 1 unspecified atom stereocenters. The van der Waals surface area contributed by atoms with Crippen molar-refractivity contribution in [2.45, 2.75) is 96.4 Å². The van der Waals surface area contributed by atoms with Gasteiger partial charge in [0, 0.05) is 43.2 Å². The summed E-state index contributed by atoms with van der Waals surface area (Å²) in [7, 11) is 0. The van der Waals surface area contributed by atoms with Crippen molar-refractivity contribution in [3.63, 3.8) is 0 Å². The number of carbonyl (C=O) groups is 1. The summed E-state index contributed by atoms with van der Waals surface area (Å²) in [6.07, 6.45) is 4.03. The number of alkyl halides is 3. The second kappa shape index (κ2) is 12.6. The van der Waals surface area contributed by atoms with Crippen molar-refractivity contribution in [1.82, 2.24) is 14.9 Å². The number of benzene rings is 2. The molecule has 1 aliphatic heterocycles. The van der Waals surface area contributed by atoms with Crippen LogP contribution in [0, 0.1) is 5.92 Å². The molecule has 1 aliphatic carbocycles. The number of aryl methyl sites for hydroxylation is 1. The minimum atomic E-state index is -4.53. The summed E-state index contributed by atoms with van der Waals surface area (Å²) in [5, 5.41) is 6.60. The Kier molecular flexibility index (Phi) is 8.94. The van der Waals surface area contributed by atoms with Crippen LogP contribution in [0.15, 0.2) is 48.5 Å². The molecule has 2 aliphatic rings. The van der Waals surface area contributed by atoms with Gasteiger partial charge in [-0.2, -0.15) is 13.2 Å². The van der Waals surface area contributed by atoms with Crippen molar-refractivity contribution in [1.29, 1.82) is 0 Å². The van der Waals surface area contributed by atoms with Crippen LogP contribution in [0.25, 0.3) is 11.4 Å². The molecule has 1 saturated carbocycles. The number of nitrogens with zero attached hydrogens (tertiary/aromatic N) is 2. The van der Waals surface area contributed by atoms with Crippen LogP contribution in [-0.4, -0.2) is 21.5 Å². The van der Waals surface area contributed by atoms with Gasteiger partial charge >= 0.3 is 6.18 Å². The Balaban J connectivity index is 1.47. The number of fused-ring (bicyclic) bond motifs is 1. The number of amides is 1. The molecule has 0 radical (unpaired) electrons. The number of anilines is 1. The molecule has 2 aromatic carbocycles. The van der Waals surface area contributed by atoms with Crippen LogP contribution in [0.2, 0.25) is 0 Å². The third kappa shape index (κ3) is 6.60. The van der Waals surface area contributed by atoms with Gasteiger partial charge in [0.05, 0.1) is 5.69 Å². The summed E-state index contributed by atoms with van der Waals surface area (Å²) in [5.41, 5.74) is 3.28. The van der Waals surface area contributed by atoms with Crippen molar-refractivity contribution in [2.75, 3.05) is 5.32 Å². The zero-order chi connectivity index (χ0) is 28.1. The molecular formula is C32H39F3N4O. The number of hydrogen-bond donors (Lipinski definition) is 2. The van der Waals surface area contributed by atoms with E-state index in [2.05, 4.69) is 28.6 Å². The van der Waals surface area contributed by atoms with E-state index in [0.29, 0.717) is 43.2 Å². The van der Waals surface area contributed by atoms with Gasteiger partial charge in [-0.25, -0.2) is 4.98 Å². The van der Waals surface area contributed by atoms with E-state index in [0.717, 1.165) is 55.3 Å². The number of imidazole rings is 1. The predicted molar refractivity (Wildman–Crippen MR) is 152 cm³/mol. The van der Waals surface area contributed by atoms with Gasteiger partial charge in [-0.3, -0.25) is 4.79 Å². The van der Waals surface area contributed by atoms with E-state index in [1.807, 2.05) is 47.0 Å². The average molecular weight is 553 g/mol. The maximum Gasteiger partial charge on any atom is 0.435 e. The molecule has 1 atom stereocenters. The second-order valence-corrected chi connectivity index (χ2v) is 11.2. The van der Waals surface area contributed by atoms with E-state index in [-0.39, 0.29) is 24.1 Å². The van der Waals surface area contributed by atoms with E-state index in [9.17, 15) is 18.0 Å². The molecule has 2 heterocycles. The van der Waals surface area contributed by atoms with Crippen LogP contribution in [0.5, 0.6) is 0 Å². The second-order valence-electron chi connectivity index (χ2n) is 11.2. The molecule has 5 nitrogen and oxygen atoms in total. The van der Waals surface area contributed by atoms with Gasteiger partial charge in [0.1, 0.15) is 5.82 Å². The molecule has 1 fully saturated rings. The van der Waals surface area contributed by atoms with Crippen molar-refractivity contribution >= 4 is 11.6 Å². The lowest BCUT2D eigenvalue weighted by atomic mass is 9.82. The number of carbonyl (C=O) groups excluding carboxylic acids is 1. The van der Waals surface area contributed by atoms with Gasteiger partial charge in [-0.15, -0.1) is 0 Å². The first-order valence-electron chi connectivity index (χ1n) is 14.7. The van der Waals surface area contributed by atoms with Crippen LogP contribution in [0.3, 0.4) is 0 Å². The van der Waals surface area contributed by atoms with E-state index in [4.69, 9.17) is 0 Å². The summed E-state index contributed by atoms with van der Waals surface area (Å²) < 4.78 is 45.3. The number of unbranched alkanes of at least 4 members (excludes halogenated alkanes) is 1. The lowest BCUT2D eigenvalue weighted by Crippen LogP contribution is -2.39. The van der Waals surface area contributed by atoms with E-state index in [1.54, 1.807) is 0 Å². The van der Waals surface area contributed by atoms with Gasteiger partial charge in [0.2, 0.25) is 5.91 Å². The molecule has 1 aromatic heterocycles. The topological polar surface area (TPSA) is 59.0 Å².